The highest BCUT2D eigenvalue weighted by molar-refractivity contribution is 6.37. The second-order valence-electron chi connectivity index (χ2n) is 8.35. The molecule has 3 heteroatoms. The SMILES string of the molecule is C[B]C(CCCO)CCCCCC[B]C1CCCCCCCCCC1. The Morgan fingerprint density at radius 3 is 1.92 bits per heavy atom. The van der Waals surface area contributed by atoms with E-state index in [2.05, 4.69) is 21.4 Å². The molecule has 1 rings (SSSR count). The van der Waals surface area contributed by atoms with E-state index < -0.39 is 0 Å². The third kappa shape index (κ3) is 13.9. The van der Waals surface area contributed by atoms with E-state index in [4.69, 9.17) is 5.11 Å². The summed E-state index contributed by atoms with van der Waals surface area (Å²) in [5, 5.41) is 8.95. The van der Waals surface area contributed by atoms with E-state index in [1.165, 1.54) is 109 Å². The lowest BCUT2D eigenvalue weighted by Gasteiger charge is -2.16. The van der Waals surface area contributed by atoms with Gasteiger partial charge in [-0.3, -0.25) is 0 Å². The maximum Gasteiger partial charge on any atom is 0.113 e. The van der Waals surface area contributed by atoms with Crippen LogP contribution in [0.25, 0.3) is 0 Å². The fourth-order valence-electron chi connectivity index (χ4n) is 4.34. The van der Waals surface area contributed by atoms with Crippen molar-refractivity contribution in [3.8, 4) is 0 Å². The predicted octanol–water partition coefficient (Wildman–Crippen LogP) is 7.08. The second kappa shape index (κ2) is 17.5. The Morgan fingerprint density at radius 1 is 0.760 bits per heavy atom. The number of rotatable bonds is 12. The highest BCUT2D eigenvalue weighted by Gasteiger charge is 2.11. The summed E-state index contributed by atoms with van der Waals surface area (Å²) in [6, 6.07) is 0. The van der Waals surface area contributed by atoms with E-state index in [1.54, 1.807) is 0 Å². The Bertz CT molecular complexity index is 261. The van der Waals surface area contributed by atoms with Gasteiger partial charge in [0.1, 0.15) is 14.6 Å². The van der Waals surface area contributed by atoms with Crippen molar-refractivity contribution >= 4 is 14.6 Å². The van der Waals surface area contributed by atoms with Crippen LogP contribution >= 0.6 is 0 Å². The van der Waals surface area contributed by atoms with Crippen LogP contribution in [0.3, 0.4) is 0 Å². The highest BCUT2D eigenvalue weighted by atomic mass is 16.2. The Balaban J connectivity index is 2.00. The van der Waals surface area contributed by atoms with E-state index in [-0.39, 0.29) is 0 Å². The first-order valence-corrected chi connectivity index (χ1v) is 11.6. The fraction of sp³-hybridized carbons (Fsp3) is 1.00. The molecule has 0 heterocycles. The van der Waals surface area contributed by atoms with Crippen molar-refractivity contribution in [1.29, 1.82) is 0 Å². The van der Waals surface area contributed by atoms with Crippen LogP contribution in [0.2, 0.25) is 24.8 Å². The molecule has 1 N–H and O–H groups in total. The second-order valence-corrected chi connectivity index (χ2v) is 8.35. The molecule has 2 radical (unpaired) electrons. The quantitative estimate of drug-likeness (QED) is 0.296. The zero-order valence-electron chi connectivity index (χ0n) is 17.2. The van der Waals surface area contributed by atoms with Gasteiger partial charge in [0.15, 0.2) is 0 Å². The number of unbranched alkanes of at least 4 members (excludes halogenated alkanes) is 3. The van der Waals surface area contributed by atoms with Crippen molar-refractivity contribution in [1.82, 2.24) is 0 Å². The van der Waals surface area contributed by atoms with Crippen molar-refractivity contribution in [2.45, 2.75) is 134 Å². The molecule has 0 aromatic carbocycles. The Hall–Kier alpha value is 0.0899. The van der Waals surface area contributed by atoms with Crippen LogP contribution in [-0.4, -0.2) is 26.3 Å². The van der Waals surface area contributed by atoms with Gasteiger partial charge in [-0.05, 0) is 6.42 Å². The van der Waals surface area contributed by atoms with Gasteiger partial charge in [0, 0.05) is 6.61 Å². The lowest BCUT2D eigenvalue weighted by atomic mass is 9.57. The molecule has 0 aromatic heterocycles. The van der Waals surface area contributed by atoms with Crippen LogP contribution in [0.15, 0.2) is 0 Å². The van der Waals surface area contributed by atoms with Crippen LogP contribution in [0, 0.1) is 0 Å². The van der Waals surface area contributed by atoms with Gasteiger partial charge in [0.25, 0.3) is 0 Å². The van der Waals surface area contributed by atoms with E-state index in [0.29, 0.717) is 6.61 Å². The van der Waals surface area contributed by atoms with Crippen molar-refractivity contribution in [3.63, 3.8) is 0 Å². The maximum absolute atomic E-state index is 8.95. The Kier molecular flexibility index (Phi) is 16.2. The summed E-state index contributed by atoms with van der Waals surface area (Å²) in [4.78, 5) is 0. The Labute approximate surface area is 160 Å². The molecule has 1 saturated carbocycles. The predicted molar refractivity (Wildman–Crippen MR) is 115 cm³/mol. The molecule has 0 bridgehead atoms. The molecule has 1 atom stereocenters. The topological polar surface area (TPSA) is 20.2 Å². The molecule has 1 unspecified atom stereocenters. The molecule has 1 fully saturated rings. The molecule has 144 valence electrons. The van der Waals surface area contributed by atoms with Gasteiger partial charge in [0.2, 0.25) is 0 Å². The lowest BCUT2D eigenvalue weighted by Crippen LogP contribution is -2.04. The van der Waals surface area contributed by atoms with Gasteiger partial charge in [-0.15, -0.1) is 0 Å². The van der Waals surface area contributed by atoms with Gasteiger partial charge < -0.3 is 5.11 Å². The minimum atomic E-state index is 0.349. The molecular formula is C22H44B2O. The van der Waals surface area contributed by atoms with E-state index in [9.17, 15) is 0 Å². The van der Waals surface area contributed by atoms with E-state index >= 15 is 0 Å². The number of hydrogen-bond acceptors (Lipinski definition) is 1. The highest BCUT2D eigenvalue weighted by Crippen LogP contribution is 2.26. The minimum absolute atomic E-state index is 0.349. The van der Waals surface area contributed by atoms with Crippen LogP contribution in [0.5, 0.6) is 0 Å². The molecule has 0 aliphatic heterocycles. The standard InChI is InChI=1S/C22H44B2O/c1-23-21(18-14-20-25)15-10-8-9-13-19-24-22-16-11-6-4-2-3-5-7-12-17-22/h21-22,25H,2-20H2,1H3. The van der Waals surface area contributed by atoms with Gasteiger partial charge in [0.05, 0.1) is 0 Å². The zero-order chi connectivity index (χ0) is 18.0. The summed E-state index contributed by atoms with van der Waals surface area (Å²) in [6.07, 6.45) is 25.0. The van der Waals surface area contributed by atoms with Crippen LogP contribution in [0.1, 0.15) is 109 Å². The van der Waals surface area contributed by atoms with Crippen molar-refractivity contribution in [2.75, 3.05) is 6.61 Å². The summed E-state index contributed by atoms with van der Waals surface area (Å²) in [7, 11) is 5.02. The summed E-state index contributed by atoms with van der Waals surface area (Å²) < 4.78 is 0. The third-order valence-electron chi connectivity index (χ3n) is 6.13. The molecule has 0 aromatic rings. The number of hydrogen-bond donors (Lipinski definition) is 1. The van der Waals surface area contributed by atoms with E-state index in [1.807, 2.05) is 0 Å². The van der Waals surface area contributed by atoms with Gasteiger partial charge in [-0.1, -0.05) is 128 Å². The summed E-state index contributed by atoms with van der Waals surface area (Å²) in [6.45, 7) is 2.53. The summed E-state index contributed by atoms with van der Waals surface area (Å²) >= 11 is 0. The first-order valence-electron chi connectivity index (χ1n) is 11.6. The molecule has 0 saturated heterocycles. The normalized spacial score (nSPS) is 19.1. The number of aliphatic hydroxyl groups excluding tert-OH is 1. The van der Waals surface area contributed by atoms with Crippen molar-refractivity contribution in [2.24, 2.45) is 0 Å². The van der Waals surface area contributed by atoms with Gasteiger partial charge >= 0.3 is 0 Å². The molecule has 1 nitrogen and oxygen atoms in total. The molecule has 0 spiro atoms. The number of aliphatic hydroxyl groups is 1. The molecule has 1 aliphatic carbocycles. The van der Waals surface area contributed by atoms with E-state index in [0.717, 1.165) is 18.1 Å². The largest absolute Gasteiger partial charge is 0.396 e. The van der Waals surface area contributed by atoms with Crippen LogP contribution in [0.4, 0.5) is 0 Å². The molecule has 0 amide bonds. The monoisotopic (exact) mass is 346 g/mol. The summed E-state index contributed by atoms with van der Waals surface area (Å²) in [5.74, 6) is 1.64. The van der Waals surface area contributed by atoms with Crippen LogP contribution in [-0.2, 0) is 0 Å². The lowest BCUT2D eigenvalue weighted by molar-refractivity contribution is 0.282. The first-order chi connectivity index (χ1) is 12.4. The molecule has 1 aliphatic rings. The van der Waals surface area contributed by atoms with Gasteiger partial charge in [-0.2, -0.15) is 0 Å². The van der Waals surface area contributed by atoms with Crippen molar-refractivity contribution in [3.05, 3.63) is 0 Å². The fourth-order valence-corrected chi connectivity index (χ4v) is 4.34. The smallest absolute Gasteiger partial charge is 0.113 e. The maximum atomic E-state index is 8.95. The molecule has 25 heavy (non-hydrogen) atoms. The minimum Gasteiger partial charge on any atom is -0.396 e. The third-order valence-corrected chi connectivity index (χ3v) is 6.13. The zero-order valence-corrected chi connectivity index (χ0v) is 17.2. The summed E-state index contributed by atoms with van der Waals surface area (Å²) in [5.41, 5.74) is 0. The van der Waals surface area contributed by atoms with Crippen molar-refractivity contribution < 1.29 is 5.11 Å². The first kappa shape index (κ1) is 23.1. The molecular weight excluding hydrogens is 302 g/mol. The Morgan fingerprint density at radius 2 is 1.32 bits per heavy atom. The average molecular weight is 346 g/mol. The van der Waals surface area contributed by atoms with Crippen LogP contribution < -0.4 is 0 Å². The van der Waals surface area contributed by atoms with Gasteiger partial charge in [-0.25, -0.2) is 0 Å². The average Bonchev–Trinajstić information content (AvgIpc) is 2.69.